The zero-order valence-electron chi connectivity index (χ0n) is 10.6. The highest BCUT2D eigenvalue weighted by Crippen LogP contribution is 2.17. The third kappa shape index (κ3) is 3.73. The van der Waals surface area contributed by atoms with Gasteiger partial charge >= 0.3 is 5.97 Å². The number of carbonyl (C=O) groups is 2. The fourth-order valence-electron chi connectivity index (χ4n) is 1.25. The second-order valence-electron chi connectivity index (χ2n) is 3.81. The fourth-order valence-corrected chi connectivity index (χ4v) is 1.93. The molecule has 0 saturated carbocycles. The molecule has 0 fully saturated rings. The molecule has 0 saturated heterocycles. The lowest BCUT2D eigenvalue weighted by atomic mass is 10.4. The maximum absolute atomic E-state index is 11.7. The van der Waals surface area contributed by atoms with Crippen LogP contribution in [0.2, 0.25) is 0 Å². The van der Waals surface area contributed by atoms with Crippen LogP contribution in [0.25, 0.3) is 0 Å². The Kier molecular flexibility index (Phi) is 5.14. The van der Waals surface area contributed by atoms with Gasteiger partial charge in [0.05, 0.1) is 5.75 Å². The number of aliphatic carboxylic acids is 1. The van der Waals surface area contributed by atoms with Crippen molar-refractivity contribution >= 4 is 23.6 Å². The van der Waals surface area contributed by atoms with Gasteiger partial charge in [0.2, 0.25) is 5.91 Å². The van der Waals surface area contributed by atoms with E-state index in [4.69, 9.17) is 5.11 Å². The van der Waals surface area contributed by atoms with Crippen molar-refractivity contribution in [3.8, 4) is 0 Å². The van der Waals surface area contributed by atoms with Crippen LogP contribution in [0.15, 0.2) is 5.16 Å². The highest BCUT2D eigenvalue weighted by molar-refractivity contribution is 7.99. The van der Waals surface area contributed by atoms with Gasteiger partial charge in [-0.1, -0.05) is 18.7 Å². The number of carbonyl (C=O) groups excluding carboxylic acids is 1. The van der Waals surface area contributed by atoms with Crippen LogP contribution in [-0.4, -0.2) is 56.5 Å². The normalized spacial score (nSPS) is 10.4. The van der Waals surface area contributed by atoms with Gasteiger partial charge in [-0.15, -0.1) is 10.2 Å². The largest absolute Gasteiger partial charge is 0.481 e. The van der Waals surface area contributed by atoms with Crippen LogP contribution in [0, 0.1) is 0 Å². The summed E-state index contributed by atoms with van der Waals surface area (Å²) in [4.78, 5) is 23.7. The minimum absolute atomic E-state index is 0.0818. The number of likely N-dealkylation sites (N-methyl/N-ethyl adjacent to an activating group) is 1. The number of amides is 1. The predicted octanol–water partition coefficient (Wildman–Crippen LogP) is 0.105. The highest BCUT2D eigenvalue weighted by atomic mass is 32.2. The van der Waals surface area contributed by atoms with Crippen molar-refractivity contribution in [1.82, 2.24) is 19.7 Å². The molecule has 0 radical (unpaired) electrons. The van der Waals surface area contributed by atoms with Crippen LogP contribution in [0.4, 0.5) is 0 Å². The van der Waals surface area contributed by atoms with Gasteiger partial charge in [-0.25, -0.2) is 0 Å². The second-order valence-corrected chi connectivity index (χ2v) is 4.75. The van der Waals surface area contributed by atoms with Gasteiger partial charge in [0, 0.05) is 20.5 Å². The SMILES string of the molecule is CCc1nnc(SCC(=O)O)n1CC(=O)N(C)C. The summed E-state index contributed by atoms with van der Waals surface area (Å²) in [6, 6.07) is 0. The van der Waals surface area contributed by atoms with E-state index in [0.717, 1.165) is 11.8 Å². The number of carboxylic acids is 1. The molecule has 1 heterocycles. The minimum atomic E-state index is -0.925. The van der Waals surface area contributed by atoms with Crippen molar-refractivity contribution in [2.45, 2.75) is 25.0 Å². The number of hydrogen-bond acceptors (Lipinski definition) is 5. The first kappa shape index (κ1) is 14.5. The van der Waals surface area contributed by atoms with Gasteiger partial charge in [-0.3, -0.25) is 14.2 Å². The Balaban J connectivity index is 2.87. The summed E-state index contributed by atoms with van der Waals surface area (Å²) in [5.41, 5.74) is 0. The average Bonchev–Trinajstić information content (AvgIpc) is 2.68. The molecule has 1 aromatic rings. The fraction of sp³-hybridized carbons (Fsp3) is 0.600. The van der Waals surface area contributed by atoms with Gasteiger partial charge < -0.3 is 10.0 Å². The molecule has 0 aliphatic rings. The summed E-state index contributed by atoms with van der Waals surface area (Å²) >= 11 is 1.06. The molecule has 1 rings (SSSR count). The Morgan fingerprint density at radius 1 is 1.39 bits per heavy atom. The second kappa shape index (κ2) is 6.39. The predicted molar refractivity (Wildman–Crippen MR) is 66.5 cm³/mol. The molecule has 0 atom stereocenters. The van der Waals surface area contributed by atoms with Crippen LogP contribution in [0.3, 0.4) is 0 Å². The molecule has 0 aromatic carbocycles. The lowest BCUT2D eigenvalue weighted by molar-refractivity contribution is -0.134. The zero-order chi connectivity index (χ0) is 13.7. The third-order valence-electron chi connectivity index (χ3n) is 2.23. The summed E-state index contributed by atoms with van der Waals surface area (Å²) < 4.78 is 1.66. The van der Waals surface area contributed by atoms with Crippen LogP contribution >= 0.6 is 11.8 Å². The topological polar surface area (TPSA) is 88.3 Å². The van der Waals surface area contributed by atoms with Gasteiger partial charge in [-0.05, 0) is 0 Å². The number of nitrogens with zero attached hydrogens (tertiary/aromatic N) is 4. The van der Waals surface area contributed by atoms with Crippen LogP contribution in [0.5, 0.6) is 0 Å². The molecule has 7 nitrogen and oxygen atoms in total. The molecule has 1 aromatic heterocycles. The first-order valence-electron chi connectivity index (χ1n) is 5.42. The quantitative estimate of drug-likeness (QED) is 0.739. The molecular formula is C10H16N4O3S. The van der Waals surface area contributed by atoms with Crippen LogP contribution in [-0.2, 0) is 22.6 Å². The first-order chi connectivity index (χ1) is 8.45. The molecular weight excluding hydrogens is 256 g/mol. The molecule has 0 spiro atoms. The Bertz CT molecular complexity index is 444. The van der Waals surface area contributed by atoms with Gasteiger partial charge in [0.15, 0.2) is 5.16 Å². The number of thioether (sulfide) groups is 1. The van der Waals surface area contributed by atoms with Crippen molar-refractivity contribution in [2.24, 2.45) is 0 Å². The summed E-state index contributed by atoms with van der Waals surface area (Å²) in [5, 5.41) is 17.0. The Morgan fingerprint density at radius 2 is 2.06 bits per heavy atom. The van der Waals surface area contributed by atoms with Crippen molar-refractivity contribution < 1.29 is 14.7 Å². The molecule has 8 heteroatoms. The summed E-state index contributed by atoms with van der Waals surface area (Å²) in [5.74, 6) is -0.427. The van der Waals surface area contributed by atoms with Crippen molar-refractivity contribution in [3.05, 3.63) is 5.82 Å². The number of hydrogen-bond donors (Lipinski definition) is 1. The van der Waals surface area contributed by atoms with E-state index in [1.807, 2.05) is 6.92 Å². The third-order valence-corrected chi connectivity index (χ3v) is 3.18. The van der Waals surface area contributed by atoms with Crippen molar-refractivity contribution in [3.63, 3.8) is 0 Å². The molecule has 1 amide bonds. The van der Waals surface area contributed by atoms with Crippen LogP contribution in [0.1, 0.15) is 12.7 Å². The van der Waals surface area contributed by atoms with E-state index in [9.17, 15) is 9.59 Å². The van der Waals surface area contributed by atoms with Crippen molar-refractivity contribution in [2.75, 3.05) is 19.8 Å². The van der Waals surface area contributed by atoms with E-state index < -0.39 is 5.97 Å². The molecule has 0 unspecified atom stereocenters. The standard InChI is InChI=1S/C10H16N4O3S/c1-4-7-11-12-10(18-6-9(16)17)14(7)5-8(15)13(2)3/h4-6H2,1-3H3,(H,16,17). The molecule has 1 N–H and O–H groups in total. The monoisotopic (exact) mass is 272 g/mol. The molecule has 0 aliphatic heterocycles. The Labute approximate surface area is 109 Å². The van der Waals surface area contributed by atoms with Gasteiger partial charge in [0.25, 0.3) is 0 Å². The maximum atomic E-state index is 11.7. The average molecular weight is 272 g/mol. The van der Waals surface area contributed by atoms with Crippen LogP contribution < -0.4 is 0 Å². The maximum Gasteiger partial charge on any atom is 0.313 e. The Hall–Kier alpha value is -1.57. The lowest BCUT2D eigenvalue weighted by Crippen LogP contribution is -2.27. The summed E-state index contributed by atoms with van der Waals surface area (Å²) in [6.07, 6.45) is 0.640. The highest BCUT2D eigenvalue weighted by Gasteiger charge is 2.16. The number of aryl methyl sites for hydroxylation is 1. The molecule has 0 bridgehead atoms. The molecule has 0 aliphatic carbocycles. The van der Waals surface area contributed by atoms with E-state index in [0.29, 0.717) is 17.4 Å². The van der Waals surface area contributed by atoms with E-state index in [1.165, 1.54) is 4.90 Å². The van der Waals surface area contributed by atoms with E-state index in [-0.39, 0.29) is 18.2 Å². The minimum Gasteiger partial charge on any atom is -0.481 e. The lowest BCUT2D eigenvalue weighted by Gasteiger charge is -2.13. The molecule has 100 valence electrons. The zero-order valence-corrected chi connectivity index (χ0v) is 11.4. The number of rotatable bonds is 6. The van der Waals surface area contributed by atoms with E-state index in [1.54, 1.807) is 18.7 Å². The smallest absolute Gasteiger partial charge is 0.313 e. The summed E-state index contributed by atoms with van der Waals surface area (Å²) in [7, 11) is 3.34. The molecule has 18 heavy (non-hydrogen) atoms. The van der Waals surface area contributed by atoms with E-state index >= 15 is 0 Å². The Morgan fingerprint density at radius 3 is 2.56 bits per heavy atom. The summed E-state index contributed by atoms with van der Waals surface area (Å²) in [6.45, 7) is 2.04. The van der Waals surface area contributed by atoms with Gasteiger partial charge in [-0.2, -0.15) is 0 Å². The van der Waals surface area contributed by atoms with Gasteiger partial charge in [0.1, 0.15) is 12.4 Å². The van der Waals surface area contributed by atoms with Crippen molar-refractivity contribution in [1.29, 1.82) is 0 Å². The number of aromatic nitrogens is 3. The number of carboxylic acid groups (broad SMARTS) is 1. The first-order valence-corrected chi connectivity index (χ1v) is 6.41. The van der Waals surface area contributed by atoms with E-state index in [2.05, 4.69) is 10.2 Å².